The van der Waals surface area contributed by atoms with Gasteiger partial charge in [-0.2, -0.15) is 10.4 Å². The molecule has 0 saturated carbocycles. The van der Waals surface area contributed by atoms with Crippen LogP contribution in [0.1, 0.15) is 11.1 Å². The number of hydrogen-bond acceptors (Lipinski definition) is 4. The van der Waals surface area contributed by atoms with Gasteiger partial charge in [0.15, 0.2) is 5.65 Å². The van der Waals surface area contributed by atoms with Crippen LogP contribution in [0.25, 0.3) is 38.8 Å². The molecule has 5 rings (SSSR count). The molecule has 0 amide bonds. The SMILES string of the molecule is Cc1ccc(-c2cnc3c(-c4ccnc5ccccc45)cnn3c2)cc1C#N. The lowest BCUT2D eigenvalue weighted by molar-refractivity contribution is 0.941. The van der Waals surface area contributed by atoms with E-state index in [1.807, 2.05) is 74.2 Å². The molecule has 5 heteroatoms. The highest BCUT2D eigenvalue weighted by Crippen LogP contribution is 2.30. The van der Waals surface area contributed by atoms with Gasteiger partial charge in [0.2, 0.25) is 0 Å². The van der Waals surface area contributed by atoms with E-state index in [-0.39, 0.29) is 0 Å². The van der Waals surface area contributed by atoms with Crippen molar-refractivity contribution in [2.24, 2.45) is 0 Å². The number of pyridine rings is 1. The first-order valence-electron chi connectivity index (χ1n) is 8.93. The summed E-state index contributed by atoms with van der Waals surface area (Å²) >= 11 is 0. The molecule has 0 aliphatic heterocycles. The van der Waals surface area contributed by atoms with Crippen molar-refractivity contribution in [3.05, 3.63) is 84.4 Å². The zero-order chi connectivity index (χ0) is 19.1. The Morgan fingerprint density at radius 1 is 0.929 bits per heavy atom. The molecule has 0 bridgehead atoms. The van der Waals surface area contributed by atoms with Gasteiger partial charge < -0.3 is 0 Å². The highest BCUT2D eigenvalue weighted by molar-refractivity contribution is 5.97. The molecule has 5 nitrogen and oxygen atoms in total. The van der Waals surface area contributed by atoms with Crippen molar-refractivity contribution in [3.63, 3.8) is 0 Å². The Morgan fingerprint density at radius 2 is 1.82 bits per heavy atom. The van der Waals surface area contributed by atoms with E-state index in [0.717, 1.165) is 44.4 Å². The predicted octanol–water partition coefficient (Wildman–Crippen LogP) is 4.79. The largest absolute Gasteiger partial charge is 0.256 e. The quantitative estimate of drug-likeness (QED) is 0.453. The van der Waals surface area contributed by atoms with E-state index in [0.29, 0.717) is 5.56 Å². The molecule has 0 saturated heterocycles. The number of aryl methyl sites for hydroxylation is 1. The van der Waals surface area contributed by atoms with Gasteiger partial charge in [-0.25, -0.2) is 9.50 Å². The highest BCUT2D eigenvalue weighted by Gasteiger charge is 2.12. The van der Waals surface area contributed by atoms with E-state index < -0.39 is 0 Å². The Morgan fingerprint density at radius 3 is 2.71 bits per heavy atom. The third kappa shape index (κ3) is 2.51. The molecule has 0 N–H and O–H groups in total. The van der Waals surface area contributed by atoms with Gasteiger partial charge in [0.25, 0.3) is 0 Å². The Balaban J connectivity index is 1.66. The topological polar surface area (TPSA) is 66.9 Å². The number of fused-ring (bicyclic) bond motifs is 2. The molecule has 3 aromatic heterocycles. The fourth-order valence-electron chi connectivity index (χ4n) is 3.47. The van der Waals surface area contributed by atoms with Crippen LogP contribution in [0.2, 0.25) is 0 Å². The van der Waals surface area contributed by atoms with Gasteiger partial charge >= 0.3 is 0 Å². The molecule has 0 spiro atoms. The minimum absolute atomic E-state index is 0.669. The lowest BCUT2D eigenvalue weighted by atomic mass is 10.0. The average molecular weight is 361 g/mol. The Hall–Kier alpha value is -4.04. The number of benzene rings is 2. The Kier molecular flexibility index (Phi) is 3.63. The average Bonchev–Trinajstić information content (AvgIpc) is 3.16. The zero-order valence-electron chi connectivity index (χ0n) is 15.2. The van der Waals surface area contributed by atoms with Gasteiger partial charge in [0, 0.05) is 35.1 Å². The fourth-order valence-corrected chi connectivity index (χ4v) is 3.47. The second-order valence-electron chi connectivity index (χ2n) is 6.69. The van der Waals surface area contributed by atoms with Crippen LogP contribution in [0.15, 0.2) is 73.3 Å². The molecule has 0 unspecified atom stereocenters. The molecule has 2 aromatic carbocycles. The summed E-state index contributed by atoms with van der Waals surface area (Å²) in [5.41, 5.74) is 7.25. The second kappa shape index (κ2) is 6.29. The normalized spacial score (nSPS) is 11.0. The lowest BCUT2D eigenvalue weighted by Gasteiger charge is -2.06. The van der Waals surface area contributed by atoms with E-state index in [1.54, 1.807) is 4.52 Å². The Bertz CT molecular complexity index is 1390. The number of aromatic nitrogens is 4. The first-order chi connectivity index (χ1) is 13.7. The molecule has 0 radical (unpaired) electrons. The van der Waals surface area contributed by atoms with Gasteiger partial charge in [-0.3, -0.25) is 4.98 Å². The van der Waals surface area contributed by atoms with Crippen LogP contribution in [0.3, 0.4) is 0 Å². The molecule has 28 heavy (non-hydrogen) atoms. The molecule has 5 aromatic rings. The second-order valence-corrected chi connectivity index (χ2v) is 6.69. The fraction of sp³-hybridized carbons (Fsp3) is 0.0435. The first-order valence-corrected chi connectivity index (χ1v) is 8.93. The molecule has 132 valence electrons. The van der Waals surface area contributed by atoms with Crippen LogP contribution in [-0.4, -0.2) is 19.6 Å². The zero-order valence-corrected chi connectivity index (χ0v) is 15.2. The number of nitrogens with zero attached hydrogens (tertiary/aromatic N) is 5. The molecule has 0 atom stereocenters. The van der Waals surface area contributed by atoms with E-state index >= 15 is 0 Å². The summed E-state index contributed by atoms with van der Waals surface area (Å²) in [6.07, 6.45) is 7.42. The number of hydrogen-bond donors (Lipinski definition) is 0. The summed E-state index contributed by atoms with van der Waals surface area (Å²) in [7, 11) is 0. The number of rotatable bonds is 2. The van der Waals surface area contributed by atoms with Crippen molar-refractivity contribution in [3.8, 4) is 28.3 Å². The summed E-state index contributed by atoms with van der Waals surface area (Å²) in [5.74, 6) is 0. The van der Waals surface area contributed by atoms with Crippen LogP contribution in [-0.2, 0) is 0 Å². The molecule has 0 aliphatic rings. The van der Waals surface area contributed by atoms with E-state index in [4.69, 9.17) is 0 Å². The van der Waals surface area contributed by atoms with Gasteiger partial charge in [0.1, 0.15) is 0 Å². The summed E-state index contributed by atoms with van der Waals surface area (Å²) < 4.78 is 1.78. The number of nitriles is 1. The lowest BCUT2D eigenvalue weighted by Crippen LogP contribution is -1.93. The van der Waals surface area contributed by atoms with Crippen molar-refractivity contribution >= 4 is 16.6 Å². The highest BCUT2D eigenvalue weighted by atomic mass is 15.2. The Labute approximate surface area is 161 Å². The maximum absolute atomic E-state index is 9.29. The van der Waals surface area contributed by atoms with E-state index in [2.05, 4.69) is 27.2 Å². The summed E-state index contributed by atoms with van der Waals surface area (Å²) in [6.45, 7) is 1.93. The smallest absolute Gasteiger partial charge is 0.162 e. The maximum Gasteiger partial charge on any atom is 0.162 e. The van der Waals surface area contributed by atoms with Crippen LogP contribution in [0.5, 0.6) is 0 Å². The third-order valence-electron chi connectivity index (χ3n) is 4.99. The van der Waals surface area contributed by atoms with E-state index in [1.165, 1.54) is 0 Å². The standard InChI is InChI=1S/C23H15N5/c1-15-6-7-16(10-17(15)11-24)18-12-26-23-21(13-27-28(23)14-18)19-8-9-25-22-5-3-2-4-20(19)22/h2-10,12-14H,1H3. The minimum atomic E-state index is 0.669. The molecule has 0 aliphatic carbocycles. The van der Waals surface area contributed by atoms with Gasteiger partial charge in [-0.15, -0.1) is 0 Å². The summed E-state index contributed by atoms with van der Waals surface area (Å²) in [6, 6.07) is 18.1. The molecule has 0 fully saturated rings. The summed E-state index contributed by atoms with van der Waals surface area (Å²) in [5, 5.41) is 14.9. The van der Waals surface area contributed by atoms with Gasteiger partial charge in [0.05, 0.1) is 23.3 Å². The van der Waals surface area contributed by atoms with Crippen LogP contribution in [0, 0.1) is 18.3 Å². The molecular formula is C23H15N5. The minimum Gasteiger partial charge on any atom is -0.256 e. The monoisotopic (exact) mass is 361 g/mol. The van der Waals surface area contributed by atoms with E-state index in [9.17, 15) is 5.26 Å². The van der Waals surface area contributed by atoms with Crippen molar-refractivity contribution in [2.75, 3.05) is 0 Å². The molecular weight excluding hydrogens is 346 g/mol. The van der Waals surface area contributed by atoms with Gasteiger partial charge in [-0.1, -0.05) is 30.3 Å². The van der Waals surface area contributed by atoms with Crippen LogP contribution in [0.4, 0.5) is 0 Å². The van der Waals surface area contributed by atoms with Crippen molar-refractivity contribution in [1.29, 1.82) is 5.26 Å². The maximum atomic E-state index is 9.29. The van der Waals surface area contributed by atoms with Crippen molar-refractivity contribution < 1.29 is 0 Å². The third-order valence-corrected chi connectivity index (χ3v) is 4.99. The van der Waals surface area contributed by atoms with Gasteiger partial charge in [-0.05, 0) is 41.8 Å². The first kappa shape index (κ1) is 16.2. The summed E-state index contributed by atoms with van der Waals surface area (Å²) in [4.78, 5) is 9.11. The van der Waals surface area contributed by atoms with Crippen molar-refractivity contribution in [2.45, 2.75) is 6.92 Å². The number of para-hydroxylation sites is 1. The van der Waals surface area contributed by atoms with Crippen molar-refractivity contribution in [1.82, 2.24) is 19.6 Å². The molecule has 3 heterocycles. The van der Waals surface area contributed by atoms with Crippen LogP contribution >= 0.6 is 0 Å². The van der Waals surface area contributed by atoms with Crippen LogP contribution < -0.4 is 0 Å². The predicted molar refractivity (Wildman–Crippen MR) is 109 cm³/mol.